The van der Waals surface area contributed by atoms with Gasteiger partial charge in [-0.25, -0.2) is 9.97 Å². The van der Waals surface area contributed by atoms with Gasteiger partial charge in [-0.1, -0.05) is 91.0 Å². The fraction of sp³-hybridized carbons (Fsp3) is 0.161. The number of carbonyl (C=O) groups excluding carboxylic acids is 2. The number of hydrogen-bond acceptors (Lipinski definition) is 6. The van der Waals surface area contributed by atoms with Gasteiger partial charge in [0.15, 0.2) is 0 Å². The molecule has 1 aliphatic rings. The topological polar surface area (TPSA) is 85.6 Å². The highest BCUT2D eigenvalue weighted by Crippen LogP contribution is 2.52. The van der Waals surface area contributed by atoms with Gasteiger partial charge in [0.1, 0.15) is 0 Å². The van der Waals surface area contributed by atoms with Crippen LogP contribution in [-0.4, -0.2) is 31.6 Å². The average molecular weight is 535 g/mol. The first-order chi connectivity index (χ1) is 19.0. The normalized spacial score (nSPS) is 16.9. The summed E-state index contributed by atoms with van der Waals surface area (Å²) in [7, 11) is 0. The standard InChI is InChI=1S/C31H26N4O3S/c1-21(36)38-29-27-33-25(20-35(27)18-17-32-29)19-26-28(37)34-30(26)39-31(22-11-5-2-6-12-22,23-13-7-3-8-14-23)24-15-9-4-10-16-24/h2-18,20,26,30H,19H2,1H3,(H,34,37). The number of rotatable bonds is 8. The smallest absolute Gasteiger partial charge is 0.309 e. The highest BCUT2D eigenvalue weighted by Gasteiger charge is 2.48. The van der Waals surface area contributed by atoms with E-state index in [0.29, 0.717) is 12.1 Å². The van der Waals surface area contributed by atoms with E-state index in [1.54, 1.807) is 28.6 Å². The van der Waals surface area contributed by atoms with Gasteiger partial charge in [0.05, 0.1) is 21.7 Å². The van der Waals surface area contributed by atoms with Crippen molar-refractivity contribution in [2.24, 2.45) is 5.92 Å². The third-order valence-electron chi connectivity index (χ3n) is 6.89. The number of nitrogens with zero attached hydrogens (tertiary/aromatic N) is 3. The fourth-order valence-electron chi connectivity index (χ4n) is 5.09. The minimum atomic E-state index is -0.550. The van der Waals surface area contributed by atoms with Gasteiger partial charge in [-0.15, -0.1) is 11.8 Å². The number of carbonyl (C=O) groups is 2. The van der Waals surface area contributed by atoms with Gasteiger partial charge in [0, 0.05) is 31.9 Å². The lowest BCUT2D eigenvalue weighted by Crippen LogP contribution is -2.58. The molecule has 1 aliphatic heterocycles. The largest absolute Gasteiger partial charge is 0.404 e. The molecule has 1 N–H and O–H groups in total. The molecule has 2 atom stereocenters. The molecule has 0 aliphatic carbocycles. The van der Waals surface area contributed by atoms with Crippen molar-refractivity contribution in [1.82, 2.24) is 19.7 Å². The van der Waals surface area contributed by atoms with Crippen molar-refractivity contribution in [3.63, 3.8) is 0 Å². The molecular formula is C31H26N4O3S. The predicted octanol–water partition coefficient (Wildman–Crippen LogP) is 4.99. The zero-order valence-corrected chi connectivity index (χ0v) is 22.0. The average Bonchev–Trinajstić information content (AvgIpc) is 3.39. The number of aromatic nitrogens is 3. The molecule has 3 heterocycles. The molecule has 194 valence electrons. The maximum absolute atomic E-state index is 12.9. The maximum Gasteiger partial charge on any atom is 0.309 e. The Morgan fingerprint density at radius 2 is 1.51 bits per heavy atom. The number of benzene rings is 3. The van der Waals surface area contributed by atoms with E-state index >= 15 is 0 Å². The van der Waals surface area contributed by atoms with E-state index in [-0.39, 0.29) is 23.1 Å². The highest BCUT2D eigenvalue weighted by molar-refractivity contribution is 8.01. The molecule has 2 unspecified atom stereocenters. The second-order valence-electron chi connectivity index (χ2n) is 9.43. The van der Waals surface area contributed by atoms with Crippen LogP contribution in [0.25, 0.3) is 5.65 Å². The van der Waals surface area contributed by atoms with Crippen molar-refractivity contribution in [3.05, 3.63) is 132 Å². The first-order valence-corrected chi connectivity index (χ1v) is 13.6. The lowest BCUT2D eigenvalue weighted by atomic mass is 9.84. The number of amides is 1. The SMILES string of the molecule is CC(=O)Oc1nccn2cc(CC3C(=O)NC3SC(c3ccccc3)(c3ccccc3)c3ccccc3)nc12. The van der Waals surface area contributed by atoms with Crippen LogP contribution in [0.2, 0.25) is 0 Å². The van der Waals surface area contributed by atoms with Crippen LogP contribution in [0.5, 0.6) is 5.88 Å². The lowest BCUT2D eigenvalue weighted by molar-refractivity contribution is -0.133. The van der Waals surface area contributed by atoms with Gasteiger partial charge in [-0.2, -0.15) is 0 Å². The minimum absolute atomic E-state index is 0.00836. The zero-order valence-electron chi connectivity index (χ0n) is 21.2. The fourth-order valence-corrected chi connectivity index (χ4v) is 6.85. The second kappa shape index (κ2) is 10.4. The summed E-state index contributed by atoms with van der Waals surface area (Å²) in [5, 5.41) is 3.00. The van der Waals surface area contributed by atoms with Gasteiger partial charge < -0.3 is 14.5 Å². The Balaban J connectivity index is 1.38. The molecule has 1 saturated heterocycles. The monoisotopic (exact) mass is 534 g/mol. The lowest BCUT2D eigenvalue weighted by Gasteiger charge is -2.44. The number of ether oxygens (including phenoxy) is 1. The Bertz CT molecular complexity index is 1530. The van der Waals surface area contributed by atoms with Gasteiger partial charge in [-0.05, 0) is 16.7 Å². The molecule has 0 saturated carbocycles. The highest BCUT2D eigenvalue weighted by atomic mass is 32.2. The molecule has 8 heteroatoms. The molecule has 0 spiro atoms. The first-order valence-electron chi connectivity index (χ1n) is 12.7. The number of thioether (sulfide) groups is 1. The van der Waals surface area contributed by atoms with Crippen LogP contribution in [0.4, 0.5) is 0 Å². The Kier molecular flexibility index (Phi) is 6.62. The van der Waals surface area contributed by atoms with Crippen molar-refractivity contribution >= 4 is 29.3 Å². The van der Waals surface area contributed by atoms with E-state index < -0.39 is 10.7 Å². The quantitative estimate of drug-likeness (QED) is 0.171. The van der Waals surface area contributed by atoms with E-state index in [1.807, 2.05) is 24.4 Å². The molecule has 0 radical (unpaired) electrons. The van der Waals surface area contributed by atoms with E-state index in [4.69, 9.17) is 4.74 Å². The van der Waals surface area contributed by atoms with Gasteiger partial charge in [-0.3, -0.25) is 9.59 Å². The third-order valence-corrected chi connectivity index (χ3v) is 8.65. The van der Waals surface area contributed by atoms with E-state index in [9.17, 15) is 9.59 Å². The van der Waals surface area contributed by atoms with Gasteiger partial charge in [0.25, 0.3) is 5.88 Å². The number of esters is 1. The number of fused-ring (bicyclic) bond motifs is 1. The Hall–Kier alpha value is -4.43. The summed E-state index contributed by atoms with van der Waals surface area (Å²) in [5.74, 6) is -0.614. The summed E-state index contributed by atoms with van der Waals surface area (Å²) in [6.45, 7) is 1.33. The van der Waals surface area contributed by atoms with Crippen molar-refractivity contribution in [2.75, 3.05) is 0 Å². The maximum atomic E-state index is 12.9. The number of nitrogens with one attached hydrogen (secondary N) is 1. The van der Waals surface area contributed by atoms with Crippen LogP contribution in [0.15, 0.2) is 110 Å². The number of imidazole rings is 1. The summed E-state index contributed by atoms with van der Waals surface area (Å²) in [5.41, 5.74) is 4.58. The van der Waals surface area contributed by atoms with Crippen molar-refractivity contribution in [2.45, 2.75) is 23.5 Å². The molecule has 5 aromatic rings. The van der Waals surface area contributed by atoms with Crippen molar-refractivity contribution in [3.8, 4) is 5.88 Å². The summed E-state index contributed by atoms with van der Waals surface area (Å²) >= 11 is 1.74. The molecule has 1 fully saturated rings. The molecule has 2 aromatic heterocycles. The van der Waals surface area contributed by atoms with E-state index in [0.717, 1.165) is 22.4 Å². The number of β-lactam (4-membered cyclic amide) rings is 1. The number of hydrogen-bond donors (Lipinski definition) is 1. The Morgan fingerprint density at radius 3 is 2.03 bits per heavy atom. The molecule has 6 rings (SSSR count). The molecule has 39 heavy (non-hydrogen) atoms. The van der Waals surface area contributed by atoms with Crippen LogP contribution in [-0.2, 0) is 20.8 Å². The summed E-state index contributed by atoms with van der Waals surface area (Å²) < 4.78 is 6.44. The zero-order chi connectivity index (χ0) is 26.8. The summed E-state index contributed by atoms with van der Waals surface area (Å²) in [6.07, 6.45) is 5.60. The van der Waals surface area contributed by atoms with Gasteiger partial charge >= 0.3 is 5.97 Å². The Morgan fingerprint density at radius 1 is 0.949 bits per heavy atom. The molecule has 1 amide bonds. The van der Waals surface area contributed by atoms with Crippen LogP contribution in [0, 0.1) is 5.92 Å². The van der Waals surface area contributed by atoms with Crippen LogP contribution in [0.1, 0.15) is 29.3 Å². The first kappa shape index (κ1) is 24.9. The molecule has 3 aromatic carbocycles. The van der Waals surface area contributed by atoms with Crippen LogP contribution in [0.3, 0.4) is 0 Å². The Labute approximate surface area is 230 Å². The molecule has 7 nitrogen and oxygen atoms in total. The molecule has 0 bridgehead atoms. The summed E-state index contributed by atoms with van der Waals surface area (Å²) in [4.78, 5) is 33.2. The summed E-state index contributed by atoms with van der Waals surface area (Å²) in [6, 6.07) is 31.3. The molecular weight excluding hydrogens is 508 g/mol. The van der Waals surface area contributed by atoms with Crippen LogP contribution >= 0.6 is 11.8 Å². The second-order valence-corrected chi connectivity index (χ2v) is 10.8. The van der Waals surface area contributed by atoms with E-state index in [1.165, 1.54) is 6.92 Å². The predicted molar refractivity (Wildman–Crippen MR) is 150 cm³/mol. The van der Waals surface area contributed by atoms with Gasteiger partial charge in [0.2, 0.25) is 11.6 Å². The minimum Gasteiger partial charge on any atom is -0.404 e. The van der Waals surface area contributed by atoms with Crippen molar-refractivity contribution < 1.29 is 14.3 Å². The van der Waals surface area contributed by atoms with Crippen molar-refractivity contribution in [1.29, 1.82) is 0 Å². The van der Waals surface area contributed by atoms with Crippen LogP contribution < -0.4 is 10.1 Å². The third kappa shape index (κ3) is 4.68. The van der Waals surface area contributed by atoms with E-state index in [2.05, 4.69) is 88.1 Å².